The van der Waals surface area contributed by atoms with Crippen molar-refractivity contribution in [2.45, 2.75) is 25.9 Å². The largest absolute Gasteiger partial charge is 0.380 e. The second-order valence-electron chi connectivity index (χ2n) is 5.81. The average Bonchev–Trinajstić information content (AvgIpc) is 2.96. The van der Waals surface area contributed by atoms with Gasteiger partial charge in [-0.15, -0.1) is 0 Å². The molecule has 1 aromatic carbocycles. The minimum Gasteiger partial charge on any atom is -0.380 e. The lowest BCUT2D eigenvalue weighted by atomic mass is 10.1. The van der Waals surface area contributed by atoms with Gasteiger partial charge in [-0.2, -0.15) is 5.10 Å². The zero-order valence-electron chi connectivity index (χ0n) is 13.3. The number of aryl methyl sites for hydroxylation is 1. The van der Waals surface area contributed by atoms with E-state index in [4.69, 9.17) is 16.3 Å². The van der Waals surface area contributed by atoms with Crippen molar-refractivity contribution in [3.63, 3.8) is 0 Å². The number of rotatable bonds is 3. The van der Waals surface area contributed by atoms with Crippen LogP contribution in [-0.4, -0.2) is 46.9 Å². The molecule has 1 aliphatic heterocycles. The van der Waals surface area contributed by atoms with Crippen LogP contribution < -0.4 is 0 Å². The first-order chi connectivity index (χ1) is 11.1. The number of benzene rings is 1. The van der Waals surface area contributed by atoms with Crippen LogP contribution in [0.25, 0.3) is 5.69 Å². The van der Waals surface area contributed by atoms with E-state index in [2.05, 4.69) is 5.10 Å². The molecule has 0 spiro atoms. The van der Waals surface area contributed by atoms with Crippen molar-refractivity contribution in [2.24, 2.45) is 0 Å². The normalized spacial score (nSPS) is 18.2. The highest BCUT2D eigenvalue weighted by Gasteiger charge is 2.27. The topological polar surface area (TPSA) is 47.4 Å². The maximum atomic E-state index is 12.8. The Morgan fingerprint density at radius 2 is 2.17 bits per heavy atom. The van der Waals surface area contributed by atoms with E-state index in [1.54, 1.807) is 11.8 Å². The van der Waals surface area contributed by atoms with Crippen LogP contribution in [0.3, 0.4) is 0 Å². The van der Waals surface area contributed by atoms with Crippen LogP contribution in [-0.2, 0) is 4.74 Å². The SMILES string of the molecule is COC1CCCN(C(=O)c2nn(-c3ccccc3Cl)cc2C)C1. The summed E-state index contributed by atoms with van der Waals surface area (Å²) in [4.78, 5) is 14.6. The molecule has 2 heterocycles. The van der Waals surface area contributed by atoms with E-state index >= 15 is 0 Å². The number of para-hydroxylation sites is 1. The van der Waals surface area contributed by atoms with Crippen molar-refractivity contribution in [3.05, 3.63) is 46.7 Å². The number of ether oxygens (including phenoxy) is 1. The predicted molar refractivity (Wildman–Crippen MR) is 89.2 cm³/mol. The number of carbonyl (C=O) groups is 1. The summed E-state index contributed by atoms with van der Waals surface area (Å²) in [5.74, 6) is -0.0462. The number of hydrogen-bond acceptors (Lipinski definition) is 3. The lowest BCUT2D eigenvalue weighted by molar-refractivity contribution is 0.0265. The number of nitrogens with zero attached hydrogens (tertiary/aromatic N) is 3. The smallest absolute Gasteiger partial charge is 0.274 e. The summed E-state index contributed by atoms with van der Waals surface area (Å²) in [7, 11) is 1.69. The molecule has 122 valence electrons. The van der Waals surface area contributed by atoms with E-state index < -0.39 is 0 Å². The first-order valence-corrected chi connectivity index (χ1v) is 8.11. The second kappa shape index (κ2) is 6.72. The number of methoxy groups -OCH3 is 1. The summed E-state index contributed by atoms with van der Waals surface area (Å²) in [5.41, 5.74) is 2.08. The summed E-state index contributed by atoms with van der Waals surface area (Å²) < 4.78 is 7.06. The van der Waals surface area contributed by atoms with Crippen molar-refractivity contribution in [3.8, 4) is 5.69 Å². The first-order valence-electron chi connectivity index (χ1n) is 7.73. The maximum absolute atomic E-state index is 12.8. The lowest BCUT2D eigenvalue weighted by Crippen LogP contribution is -2.43. The van der Waals surface area contributed by atoms with Gasteiger partial charge in [0.15, 0.2) is 5.69 Å². The lowest BCUT2D eigenvalue weighted by Gasteiger charge is -2.31. The summed E-state index contributed by atoms with van der Waals surface area (Å²) in [6, 6.07) is 7.45. The summed E-state index contributed by atoms with van der Waals surface area (Å²) in [6.45, 7) is 3.26. The Bertz CT molecular complexity index is 714. The number of aromatic nitrogens is 2. The van der Waals surface area contributed by atoms with E-state index in [-0.39, 0.29) is 12.0 Å². The molecule has 1 amide bonds. The Balaban J connectivity index is 1.86. The molecule has 1 aliphatic rings. The third kappa shape index (κ3) is 3.26. The number of likely N-dealkylation sites (tertiary alicyclic amines) is 1. The van der Waals surface area contributed by atoms with Gasteiger partial charge in [0.25, 0.3) is 5.91 Å². The van der Waals surface area contributed by atoms with E-state index in [9.17, 15) is 4.79 Å². The molecule has 2 aromatic rings. The molecule has 1 unspecified atom stereocenters. The van der Waals surface area contributed by atoms with Gasteiger partial charge >= 0.3 is 0 Å². The van der Waals surface area contributed by atoms with Gasteiger partial charge in [-0.1, -0.05) is 23.7 Å². The second-order valence-corrected chi connectivity index (χ2v) is 6.22. The third-order valence-corrected chi connectivity index (χ3v) is 4.52. The van der Waals surface area contributed by atoms with E-state index in [0.717, 1.165) is 30.6 Å². The highest BCUT2D eigenvalue weighted by atomic mass is 35.5. The van der Waals surface area contributed by atoms with Crippen molar-refractivity contribution in [2.75, 3.05) is 20.2 Å². The van der Waals surface area contributed by atoms with Crippen molar-refractivity contribution < 1.29 is 9.53 Å². The van der Waals surface area contributed by atoms with Gasteiger partial charge in [-0.05, 0) is 31.9 Å². The first kappa shape index (κ1) is 16.0. The highest BCUT2D eigenvalue weighted by molar-refractivity contribution is 6.32. The molecule has 0 saturated carbocycles. The summed E-state index contributed by atoms with van der Waals surface area (Å²) in [5, 5.41) is 5.07. The van der Waals surface area contributed by atoms with Crippen LogP contribution in [0.5, 0.6) is 0 Å². The van der Waals surface area contributed by atoms with Gasteiger partial charge in [-0.25, -0.2) is 4.68 Å². The molecule has 1 saturated heterocycles. The third-order valence-electron chi connectivity index (χ3n) is 4.20. The molecule has 0 bridgehead atoms. The molecule has 6 heteroatoms. The molecule has 1 fully saturated rings. The fraction of sp³-hybridized carbons (Fsp3) is 0.412. The Morgan fingerprint density at radius 3 is 2.91 bits per heavy atom. The molecular weight excluding hydrogens is 314 g/mol. The molecule has 0 aliphatic carbocycles. The standard InChI is InChI=1S/C17H20ClN3O2/c1-12-10-21(15-8-4-3-7-14(15)18)19-16(12)17(22)20-9-5-6-13(11-20)23-2/h3-4,7-8,10,13H,5-6,9,11H2,1-2H3. The Kier molecular flexibility index (Phi) is 4.68. The molecule has 1 aromatic heterocycles. The highest BCUT2D eigenvalue weighted by Crippen LogP contribution is 2.22. The molecular formula is C17H20ClN3O2. The number of piperidine rings is 1. The van der Waals surface area contributed by atoms with Crippen LogP contribution in [0.1, 0.15) is 28.9 Å². The summed E-state index contributed by atoms with van der Waals surface area (Å²) >= 11 is 6.21. The van der Waals surface area contributed by atoms with E-state index in [1.807, 2.05) is 42.3 Å². The average molecular weight is 334 g/mol. The van der Waals surface area contributed by atoms with Crippen LogP contribution >= 0.6 is 11.6 Å². The fourth-order valence-electron chi connectivity index (χ4n) is 2.90. The van der Waals surface area contributed by atoms with Crippen molar-refractivity contribution >= 4 is 17.5 Å². The van der Waals surface area contributed by atoms with E-state index in [1.165, 1.54) is 0 Å². The molecule has 5 nitrogen and oxygen atoms in total. The van der Waals surface area contributed by atoms with Crippen LogP contribution in [0.2, 0.25) is 5.02 Å². The number of hydrogen-bond donors (Lipinski definition) is 0. The van der Waals surface area contributed by atoms with Crippen molar-refractivity contribution in [1.29, 1.82) is 0 Å². The molecule has 1 atom stereocenters. The maximum Gasteiger partial charge on any atom is 0.274 e. The van der Waals surface area contributed by atoms with Gasteiger partial charge in [0.05, 0.1) is 16.8 Å². The monoisotopic (exact) mass is 333 g/mol. The van der Waals surface area contributed by atoms with Crippen LogP contribution in [0.4, 0.5) is 0 Å². The van der Waals surface area contributed by atoms with E-state index in [0.29, 0.717) is 17.3 Å². The van der Waals surface area contributed by atoms with Gasteiger partial charge in [0, 0.05) is 32.0 Å². The van der Waals surface area contributed by atoms with Crippen molar-refractivity contribution in [1.82, 2.24) is 14.7 Å². The molecule has 3 rings (SSSR count). The Morgan fingerprint density at radius 1 is 1.39 bits per heavy atom. The zero-order chi connectivity index (χ0) is 16.4. The molecule has 0 radical (unpaired) electrons. The summed E-state index contributed by atoms with van der Waals surface area (Å²) in [6.07, 6.45) is 3.90. The van der Waals surface area contributed by atoms with Gasteiger partial charge in [0.2, 0.25) is 0 Å². The van der Waals surface area contributed by atoms with Crippen LogP contribution in [0.15, 0.2) is 30.5 Å². The Hall–Kier alpha value is -1.85. The Labute approximate surface area is 140 Å². The predicted octanol–water partition coefficient (Wildman–Crippen LogP) is 3.09. The van der Waals surface area contributed by atoms with Crippen LogP contribution in [0, 0.1) is 6.92 Å². The fourth-order valence-corrected chi connectivity index (χ4v) is 3.12. The number of amides is 1. The molecule has 0 N–H and O–H groups in total. The molecule has 23 heavy (non-hydrogen) atoms. The zero-order valence-corrected chi connectivity index (χ0v) is 14.1. The van der Waals surface area contributed by atoms with Gasteiger partial charge in [-0.3, -0.25) is 4.79 Å². The minimum atomic E-state index is -0.0462. The number of halogens is 1. The minimum absolute atomic E-state index is 0.0462. The van der Waals surface area contributed by atoms with Gasteiger partial charge in [0.1, 0.15) is 0 Å². The quantitative estimate of drug-likeness (QED) is 0.867. The van der Waals surface area contributed by atoms with Gasteiger partial charge < -0.3 is 9.64 Å². The number of carbonyl (C=O) groups excluding carboxylic acids is 1.